The molecule has 0 radical (unpaired) electrons. The van der Waals surface area contributed by atoms with Crippen molar-refractivity contribution in [3.05, 3.63) is 0 Å². The molecule has 0 saturated carbocycles. The average Bonchev–Trinajstić information content (AvgIpc) is 2.00. The lowest BCUT2D eigenvalue weighted by atomic mass is 10.0. The van der Waals surface area contributed by atoms with E-state index in [-0.39, 0.29) is 12.1 Å². The predicted molar refractivity (Wildman–Crippen MR) is 47.9 cm³/mol. The molecule has 0 saturated heterocycles. The van der Waals surface area contributed by atoms with E-state index in [2.05, 4.69) is 0 Å². The molecule has 4 nitrogen and oxygen atoms in total. The number of hydrogen-bond acceptors (Lipinski definition) is 4. The van der Waals surface area contributed by atoms with Crippen LogP contribution < -0.4 is 22.9 Å². The van der Waals surface area contributed by atoms with Crippen LogP contribution in [-0.2, 0) is 0 Å². The first kappa shape index (κ1) is 10.8. The summed E-state index contributed by atoms with van der Waals surface area (Å²) in [5.74, 6) is 0. The van der Waals surface area contributed by atoms with Crippen LogP contribution in [0.4, 0.5) is 0 Å². The molecule has 0 aliphatic heterocycles. The molecule has 0 amide bonds. The Morgan fingerprint density at radius 2 is 1.36 bits per heavy atom. The van der Waals surface area contributed by atoms with Gasteiger partial charge in [-0.1, -0.05) is 0 Å². The van der Waals surface area contributed by atoms with Crippen molar-refractivity contribution in [1.29, 1.82) is 0 Å². The minimum absolute atomic E-state index is 0.0338. The Hall–Kier alpha value is -0.160. The van der Waals surface area contributed by atoms with Crippen molar-refractivity contribution in [2.24, 2.45) is 22.9 Å². The Labute approximate surface area is 68.3 Å². The van der Waals surface area contributed by atoms with Crippen molar-refractivity contribution < 1.29 is 0 Å². The van der Waals surface area contributed by atoms with Crippen molar-refractivity contribution in [2.75, 3.05) is 13.1 Å². The second kappa shape index (κ2) is 6.54. The van der Waals surface area contributed by atoms with Crippen molar-refractivity contribution in [3.8, 4) is 0 Å². The van der Waals surface area contributed by atoms with Crippen LogP contribution in [0.15, 0.2) is 0 Å². The lowest BCUT2D eigenvalue weighted by Crippen LogP contribution is -2.42. The van der Waals surface area contributed by atoms with Crippen LogP contribution in [0.1, 0.15) is 19.3 Å². The van der Waals surface area contributed by atoms with E-state index in [1.165, 1.54) is 0 Å². The van der Waals surface area contributed by atoms with Gasteiger partial charge in [0, 0.05) is 12.1 Å². The maximum Gasteiger partial charge on any atom is 0.0204 e. The lowest BCUT2D eigenvalue weighted by molar-refractivity contribution is 0.465. The van der Waals surface area contributed by atoms with Crippen molar-refractivity contribution >= 4 is 0 Å². The van der Waals surface area contributed by atoms with E-state index in [9.17, 15) is 0 Å². The van der Waals surface area contributed by atoms with Gasteiger partial charge < -0.3 is 22.9 Å². The molecule has 11 heavy (non-hydrogen) atoms. The SMILES string of the molecule is NCCCC(N)C(N)CCN. The van der Waals surface area contributed by atoms with Gasteiger partial charge in [-0.2, -0.15) is 0 Å². The Morgan fingerprint density at radius 3 is 1.82 bits per heavy atom. The standard InChI is InChI=1S/C7H20N4/c8-4-1-2-6(10)7(11)3-5-9/h6-7H,1-5,8-11H2. The molecule has 4 heteroatoms. The van der Waals surface area contributed by atoms with E-state index in [1.54, 1.807) is 0 Å². The van der Waals surface area contributed by atoms with Gasteiger partial charge in [0.05, 0.1) is 0 Å². The molecule has 0 heterocycles. The van der Waals surface area contributed by atoms with Gasteiger partial charge in [-0.05, 0) is 32.4 Å². The number of hydrogen-bond donors (Lipinski definition) is 4. The molecule has 68 valence electrons. The van der Waals surface area contributed by atoms with Crippen LogP contribution in [-0.4, -0.2) is 25.2 Å². The van der Waals surface area contributed by atoms with Gasteiger partial charge in [-0.3, -0.25) is 0 Å². The molecular formula is C7H20N4. The van der Waals surface area contributed by atoms with Gasteiger partial charge in [-0.15, -0.1) is 0 Å². The highest BCUT2D eigenvalue weighted by Gasteiger charge is 2.10. The lowest BCUT2D eigenvalue weighted by Gasteiger charge is -2.18. The van der Waals surface area contributed by atoms with Crippen molar-refractivity contribution in [1.82, 2.24) is 0 Å². The second-order valence-electron chi connectivity index (χ2n) is 2.84. The summed E-state index contributed by atoms with van der Waals surface area (Å²) in [5.41, 5.74) is 22.1. The summed E-state index contributed by atoms with van der Waals surface area (Å²) in [6, 6.07) is 0.0913. The van der Waals surface area contributed by atoms with E-state index in [0.29, 0.717) is 13.1 Å². The molecule has 2 atom stereocenters. The first-order chi connectivity index (χ1) is 5.22. The summed E-state index contributed by atoms with van der Waals surface area (Å²) in [5, 5.41) is 0. The minimum Gasteiger partial charge on any atom is -0.330 e. The normalized spacial score (nSPS) is 16.4. The molecule has 0 aromatic rings. The quantitative estimate of drug-likeness (QED) is 0.389. The molecule has 0 bridgehead atoms. The summed E-state index contributed by atoms with van der Waals surface area (Å²) in [4.78, 5) is 0. The largest absolute Gasteiger partial charge is 0.330 e. The van der Waals surface area contributed by atoms with Gasteiger partial charge in [0.2, 0.25) is 0 Å². The fraction of sp³-hybridized carbons (Fsp3) is 1.00. The predicted octanol–water partition coefficient (Wildman–Crippen LogP) is -1.27. The molecule has 0 rings (SSSR count). The maximum atomic E-state index is 5.75. The highest BCUT2D eigenvalue weighted by Crippen LogP contribution is 1.99. The first-order valence-corrected chi connectivity index (χ1v) is 4.13. The second-order valence-corrected chi connectivity index (χ2v) is 2.84. The highest BCUT2D eigenvalue weighted by atomic mass is 14.8. The highest BCUT2D eigenvalue weighted by molar-refractivity contribution is 4.75. The molecule has 2 unspecified atom stereocenters. The van der Waals surface area contributed by atoms with Crippen LogP contribution >= 0.6 is 0 Å². The zero-order valence-electron chi connectivity index (χ0n) is 7.00. The molecule has 0 aromatic carbocycles. The van der Waals surface area contributed by atoms with Gasteiger partial charge in [0.15, 0.2) is 0 Å². The Kier molecular flexibility index (Phi) is 6.45. The first-order valence-electron chi connectivity index (χ1n) is 4.13. The van der Waals surface area contributed by atoms with E-state index in [4.69, 9.17) is 22.9 Å². The molecule has 0 aliphatic rings. The Morgan fingerprint density at radius 1 is 0.818 bits per heavy atom. The van der Waals surface area contributed by atoms with E-state index >= 15 is 0 Å². The summed E-state index contributed by atoms with van der Waals surface area (Å²) >= 11 is 0. The van der Waals surface area contributed by atoms with Gasteiger partial charge >= 0.3 is 0 Å². The van der Waals surface area contributed by atoms with Crippen LogP contribution in [0.3, 0.4) is 0 Å². The molecule has 0 spiro atoms. The third-order valence-corrected chi connectivity index (χ3v) is 1.79. The zero-order valence-corrected chi connectivity index (χ0v) is 7.00. The van der Waals surface area contributed by atoms with Crippen molar-refractivity contribution in [2.45, 2.75) is 31.3 Å². The molecular weight excluding hydrogens is 140 g/mol. The smallest absolute Gasteiger partial charge is 0.0204 e. The van der Waals surface area contributed by atoms with Crippen LogP contribution in [0, 0.1) is 0 Å². The number of nitrogens with two attached hydrogens (primary N) is 4. The third kappa shape index (κ3) is 5.15. The van der Waals surface area contributed by atoms with Gasteiger partial charge in [0.25, 0.3) is 0 Å². The van der Waals surface area contributed by atoms with E-state index < -0.39 is 0 Å². The fourth-order valence-corrected chi connectivity index (χ4v) is 0.974. The zero-order chi connectivity index (χ0) is 8.69. The van der Waals surface area contributed by atoms with Crippen LogP contribution in [0.2, 0.25) is 0 Å². The molecule has 0 aromatic heterocycles. The number of rotatable bonds is 6. The van der Waals surface area contributed by atoms with Crippen LogP contribution in [0.25, 0.3) is 0 Å². The summed E-state index contributed by atoms with van der Waals surface area (Å²) in [7, 11) is 0. The summed E-state index contributed by atoms with van der Waals surface area (Å²) in [6.07, 6.45) is 2.64. The summed E-state index contributed by atoms with van der Waals surface area (Å²) in [6.45, 7) is 1.29. The fourth-order valence-electron chi connectivity index (χ4n) is 0.974. The van der Waals surface area contributed by atoms with E-state index in [0.717, 1.165) is 19.3 Å². The van der Waals surface area contributed by atoms with Gasteiger partial charge in [-0.25, -0.2) is 0 Å². The molecule has 8 N–H and O–H groups in total. The third-order valence-electron chi connectivity index (χ3n) is 1.79. The topological polar surface area (TPSA) is 104 Å². The maximum absolute atomic E-state index is 5.75. The molecule has 0 fully saturated rings. The van der Waals surface area contributed by atoms with Gasteiger partial charge in [0.1, 0.15) is 0 Å². The summed E-state index contributed by atoms with van der Waals surface area (Å²) < 4.78 is 0. The molecule has 0 aliphatic carbocycles. The van der Waals surface area contributed by atoms with Crippen LogP contribution in [0.5, 0.6) is 0 Å². The Balaban J connectivity index is 3.38. The van der Waals surface area contributed by atoms with Crippen molar-refractivity contribution in [3.63, 3.8) is 0 Å². The average molecular weight is 160 g/mol. The minimum atomic E-state index is 0.0338. The Bertz CT molecular complexity index is 86.5. The monoisotopic (exact) mass is 160 g/mol. The van der Waals surface area contributed by atoms with E-state index in [1.807, 2.05) is 0 Å².